The molecule has 2 heteroatoms. The molecule has 3 aromatic rings. The summed E-state index contributed by atoms with van der Waals surface area (Å²) in [6.07, 6.45) is 0. The average Bonchev–Trinajstić information content (AvgIpc) is 2.68. The Labute approximate surface area is 100 Å². The zero-order valence-corrected chi connectivity index (χ0v) is 10.3. The second-order valence-corrected chi connectivity index (χ2v) is 4.51. The third-order valence-electron chi connectivity index (χ3n) is 3.27. The highest BCUT2D eigenvalue weighted by Gasteiger charge is 2.09. The lowest BCUT2D eigenvalue weighted by atomic mass is 10.1. The summed E-state index contributed by atoms with van der Waals surface area (Å²) in [5.74, 6) is 0.899. The van der Waals surface area contributed by atoms with Crippen molar-refractivity contribution in [3.63, 3.8) is 0 Å². The molecule has 17 heavy (non-hydrogen) atoms. The van der Waals surface area contributed by atoms with Crippen LogP contribution in [0.2, 0.25) is 0 Å². The Hall–Kier alpha value is -1.96. The van der Waals surface area contributed by atoms with Crippen LogP contribution in [0, 0.1) is 13.8 Å². The third kappa shape index (κ3) is 1.41. The topological polar surface area (TPSA) is 25.0 Å². The number of hydrogen-bond acceptors (Lipinski definition) is 1. The van der Waals surface area contributed by atoms with Crippen LogP contribution in [0.4, 0.5) is 0 Å². The van der Waals surface area contributed by atoms with E-state index in [0.29, 0.717) is 0 Å². The molecule has 0 amide bonds. The average molecular weight is 225 g/mol. The lowest BCUT2D eigenvalue weighted by molar-refractivity contribution is 0.419. The summed E-state index contributed by atoms with van der Waals surface area (Å²) in [5, 5.41) is 2.50. The van der Waals surface area contributed by atoms with E-state index >= 15 is 0 Å². The van der Waals surface area contributed by atoms with Crippen molar-refractivity contribution in [2.24, 2.45) is 0 Å². The Morgan fingerprint density at radius 3 is 2.59 bits per heavy atom. The maximum atomic E-state index is 5.40. The van der Waals surface area contributed by atoms with E-state index in [1.165, 1.54) is 27.4 Å². The summed E-state index contributed by atoms with van der Waals surface area (Å²) < 4.78 is 5.40. The van der Waals surface area contributed by atoms with E-state index in [4.69, 9.17) is 4.74 Å². The number of methoxy groups -OCH3 is 1. The van der Waals surface area contributed by atoms with Gasteiger partial charge >= 0.3 is 0 Å². The molecule has 0 saturated carbocycles. The predicted octanol–water partition coefficient (Wildman–Crippen LogP) is 3.95. The molecule has 0 radical (unpaired) electrons. The first-order chi connectivity index (χ1) is 8.20. The van der Waals surface area contributed by atoms with Gasteiger partial charge in [-0.2, -0.15) is 0 Å². The highest BCUT2D eigenvalue weighted by molar-refractivity contribution is 6.10. The first-order valence-electron chi connectivity index (χ1n) is 5.76. The Morgan fingerprint density at radius 2 is 1.82 bits per heavy atom. The number of aromatic amines is 1. The van der Waals surface area contributed by atoms with E-state index in [2.05, 4.69) is 37.0 Å². The molecule has 0 fully saturated rings. The third-order valence-corrected chi connectivity index (χ3v) is 3.27. The van der Waals surface area contributed by atoms with Gasteiger partial charge in [0, 0.05) is 16.3 Å². The molecule has 0 atom stereocenters. The minimum Gasteiger partial charge on any atom is -0.495 e. The molecule has 0 aliphatic rings. The maximum Gasteiger partial charge on any atom is 0.142 e. The van der Waals surface area contributed by atoms with Crippen molar-refractivity contribution >= 4 is 21.8 Å². The molecule has 3 rings (SSSR count). The zero-order chi connectivity index (χ0) is 12.0. The van der Waals surface area contributed by atoms with Gasteiger partial charge in [0.25, 0.3) is 0 Å². The lowest BCUT2D eigenvalue weighted by Crippen LogP contribution is -1.83. The van der Waals surface area contributed by atoms with Crippen molar-refractivity contribution in [1.82, 2.24) is 4.98 Å². The normalized spacial score (nSPS) is 11.2. The summed E-state index contributed by atoms with van der Waals surface area (Å²) in [6, 6.07) is 10.6. The lowest BCUT2D eigenvalue weighted by Gasteiger charge is -2.00. The molecule has 0 aliphatic carbocycles. The number of ether oxygens (including phenoxy) is 1. The zero-order valence-electron chi connectivity index (χ0n) is 10.3. The number of para-hydroxylation sites is 1. The Bertz CT molecular complexity index is 710. The van der Waals surface area contributed by atoms with Gasteiger partial charge < -0.3 is 9.72 Å². The number of aryl methyl sites for hydroxylation is 2. The van der Waals surface area contributed by atoms with Gasteiger partial charge in [-0.1, -0.05) is 23.8 Å². The fourth-order valence-corrected chi connectivity index (χ4v) is 2.53. The van der Waals surface area contributed by atoms with Gasteiger partial charge in [-0.25, -0.2) is 0 Å². The van der Waals surface area contributed by atoms with Crippen LogP contribution in [0.5, 0.6) is 5.75 Å². The second kappa shape index (κ2) is 3.52. The van der Waals surface area contributed by atoms with Gasteiger partial charge in [0.1, 0.15) is 5.75 Å². The van der Waals surface area contributed by atoms with Crippen molar-refractivity contribution in [3.8, 4) is 5.75 Å². The summed E-state index contributed by atoms with van der Waals surface area (Å²) in [5.41, 5.74) is 4.85. The van der Waals surface area contributed by atoms with Gasteiger partial charge in [0.15, 0.2) is 0 Å². The maximum absolute atomic E-state index is 5.40. The molecule has 1 heterocycles. The van der Waals surface area contributed by atoms with Crippen LogP contribution in [0.15, 0.2) is 30.3 Å². The molecule has 1 N–H and O–H groups in total. The molecule has 0 spiro atoms. The first-order valence-corrected chi connectivity index (χ1v) is 5.76. The molecule has 1 aromatic heterocycles. The molecule has 86 valence electrons. The smallest absolute Gasteiger partial charge is 0.142 e. The SMILES string of the molecule is COc1cccc2c1[nH]c1c(C)cc(C)cc12. The minimum absolute atomic E-state index is 0.899. The Balaban J connectivity index is 2.54. The summed E-state index contributed by atoms with van der Waals surface area (Å²) in [7, 11) is 1.71. The van der Waals surface area contributed by atoms with E-state index < -0.39 is 0 Å². The van der Waals surface area contributed by atoms with Crippen LogP contribution in [-0.4, -0.2) is 12.1 Å². The van der Waals surface area contributed by atoms with E-state index in [0.717, 1.165) is 11.3 Å². The van der Waals surface area contributed by atoms with Crippen LogP contribution in [0.1, 0.15) is 11.1 Å². The number of H-pyrrole nitrogens is 1. The van der Waals surface area contributed by atoms with Gasteiger partial charge in [0.05, 0.1) is 12.6 Å². The summed E-state index contributed by atoms with van der Waals surface area (Å²) in [6.45, 7) is 4.27. The monoisotopic (exact) mass is 225 g/mol. The standard InChI is InChI=1S/C15H15NO/c1-9-7-10(2)14-12(8-9)11-5-4-6-13(17-3)15(11)16-14/h4-8,16H,1-3H3. The highest BCUT2D eigenvalue weighted by atomic mass is 16.5. The van der Waals surface area contributed by atoms with Crippen LogP contribution in [-0.2, 0) is 0 Å². The molecular formula is C15H15NO. The van der Waals surface area contributed by atoms with Crippen molar-refractivity contribution in [1.29, 1.82) is 0 Å². The van der Waals surface area contributed by atoms with Crippen molar-refractivity contribution in [2.45, 2.75) is 13.8 Å². The number of benzene rings is 2. The van der Waals surface area contributed by atoms with Crippen LogP contribution in [0.25, 0.3) is 21.8 Å². The number of hydrogen-bond donors (Lipinski definition) is 1. The van der Waals surface area contributed by atoms with Crippen LogP contribution in [0.3, 0.4) is 0 Å². The largest absolute Gasteiger partial charge is 0.495 e. The molecule has 0 bridgehead atoms. The number of nitrogens with one attached hydrogen (secondary N) is 1. The summed E-state index contributed by atoms with van der Waals surface area (Å²) >= 11 is 0. The molecule has 0 unspecified atom stereocenters. The molecule has 0 saturated heterocycles. The number of rotatable bonds is 1. The van der Waals surface area contributed by atoms with Crippen molar-refractivity contribution in [3.05, 3.63) is 41.5 Å². The Morgan fingerprint density at radius 1 is 1.00 bits per heavy atom. The molecule has 2 nitrogen and oxygen atoms in total. The van der Waals surface area contributed by atoms with Gasteiger partial charge in [-0.15, -0.1) is 0 Å². The first kappa shape index (κ1) is 10.2. The number of fused-ring (bicyclic) bond motifs is 3. The quantitative estimate of drug-likeness (QED) is 0.666. The van der Waals surface area contributed by atoms with Crippen LogP contribution >= 0.6 is 0 Å². The van der Waals surface area contributed by atoms with E-state index in [1.807, 2.05) is 12.1 Å². The van der Waals surface area contributed by atoms with Crippen LogP contribution < -0.4 is 4.74 Å². The van der Waals surface area contributed by atoms with Gasteiger partial charge in [-0.05, 0) is 31.5 Å². The molecular weight excluding hydrogens is 210 g/mol. The number of aromatic nitrogens is 1. The summed E-state index contributed by atoms with van der Waals surface area (Å²) in [4.78, 5) is 3.47. The van der Waals surface area contributed by atoms with Gasteiger partial charge in [0.2, 0.25) is 0 Å². The van der Waals surface area contributed by atoms with E-state index in [-0.39, 0.29) is 0 Å². The second-order valence-electron chi connectivity index (χ2n) is 4.51. The fraction of sp³-hybridized carbons (Fsp3) is 0.200. The molecule has 0 aliphatic heterocycles. The van der Waals surface area contributed by atoms with E-state index in [9.17, 15) is 0 Å². The minimum atomic E-state index is 0.899. The van der Waals surface area contributed by atoms with E-state index in [1.54, 1.807) is 7.11 Å². The fourth-order valence-electron chi connectivity index (χ4n) is 2.53. The predicted molar refractivity (Wildman–Crippen MR) is 71.8 cm³/mol. The Kier molecular flexibility index (Phi) is 2.11. The molecule has 2 aromatic carbocycles. The van der Waals surface area contributed by atoms with Crippen molar-refractivity contribution in [2.75, 3.05) is 7.11 Å². The highest BCUT2D eigenvalue weighted by Crippen LogP contribution is 2.33. The van der Waals surface area contributed by atoms with Crippen molar-refractivity contribution < 1.29 is 4.74 Å². The van der Waals surface area contributed by atoms with Gasteiger partial charge in [-0.3, -0.25) is 0 Å².